The Morgan fingerprint density at radius 3 is 2.32 bits per heavy atom. The monoisotopic (exact) mass is 935 g/mol. The van der Waals surface area contributed by atoms with Crippen LogP contribution in [0.15, 0.2) is 78.9 Å². The minimum Gasteiger partial charge on any atom is -0.384 e. The third kappa shape index (κ3) is 7.79. The van der Waals surface area contributed by atoms with Crippen molar-refractivity contribution in [2.24, 2.45) is 0 Å². The minimum absolute atomic E-state index is 0.0459. The molecule has 3 fully saturated rings. The molecule has 4 heterocycles. The van der Waals surface area contributed by atoms with Crippen molar-refractivity contribution < 1.29 is 38.0 Å². The molecule has 7 amide bonds. The molecule has 4 atom stereocenters. The largest absolute Gasteiger partial charge is 0.384 e. The number of imide groups is 2. The lowest BCUT2D eigenvalue weighted by atomic mass is 9.55. The number of benzene rings is 4. The van der Waals surface area contributed by atoms with Crippen LogP contribution in [-0.4, -0.2) is 77.0 Å². The van der Waals surface area contributed by atoms with E-state index in [0.29, 0.717) is 59.1 Å². The third-order valence-electron chi connectivity index (χ3n) is 13.9. The molecule has 2 spiro atoms. The number of unbranched alkanes of at least 4 members (excludes halogenated alkanes) is 3. The zero-order chi connectivity index (χ0) is 46.3. The summed E-state index contributed by atoms with van der Waals surface area (Å²) in [6, 6.07) is 19.2. The van der Waals surface area contributed by atoms with E-state index in [-0.39, 0.29) is 46.4 Å². The van der Waals surface area contributed by atoms with Crippen molar-refractivity contribution in [3.8, 4) is 0 Å². The number of fused-ring (bicyclic) bond motifs is 4. The van der Waals surface area contributed by atoms with Crippen molar-refractivity contribution >= 4 is 81.6 Å². The maximum absolute atomic E-state index is 16.2. The molecule has 9 rings (SSSR count). The molecule has 17 heteroatoms. The number of piperidine rings is 1. The molecule has 4 unspecified atom stereocenters. The van der Waals surface area contributed by atoms with E-state index in [0.717, 1.165) is 49.8 Å². The molecule has 4 aliphatic heterocycles. The Kier molecular flexibility index (Phi) is 12.5. The topological polar surface area (TPSA) is 195 Å². The Balaban J connectivity index is 0.795. The summed E-state index contributed by atoms with van der Waals surface area (Å²) in [5.41, 5.74) is 0.851. The predicted octanol–water partition coefficient (Wildman–Crippen LogP) is 7.22. The molecule has 0 radical (unpaired) electrons. The van der Waals surface area contributed by atoms with E-state index in [1.165, 1.54) is 6.07 Å². The number of nitrogens with zero attached hydrogens (tertiary/aromatic N) is 1. The van der Waals surface area contributed by atoms with E-state index < -0.39 is 64.3 Å². The van der Waals surface area contributed by atoms with Crippen LogP contribution < -0.4 is 31.9 Å². The highest BCUT2D eigenvalue weighted by molar-refractivity contribution is 6.31. The Labute approximate surface area is 390 Å². The van der Waals surface area contributed by atoms with Gasteiger partial charge in [-0.2, -0.15) is 0 Å². The standard InChI is InChI=1S/C49H48Cl2FN7O7/c50-28-16-19-32-35(26-28)56-47(66)49(32)39(31-11-8-12-33(51)40(31)52)41(58-48(49)22-4-3-5-23-48)44(63)55-29-17-14-27(15-18-29)42(61)54-25-7-2-1-6-24-53-34-13-9-10-30-38(34)46(65)59(45(30)64)36-20-21-37(60)57-43(36)62/h8-19,26,36,39,41,53,58H,1-7,20-25H2,(H,54,61)(H,55,63)(H,56,66)(H,57,60,62). The van der Waals surface area contributed by atoms with E-state index in [4.69, 9.17) is 23.2 Å². The van der Waals surface area contributed by atoms with Crippen LogP contribution in [0.5, 0.6) is 0 Å². The Hall–Kier alpha value is -6.16. The van der Waals surface area contributed by atoms with Crippen LogP contribution in [0.25, 0.3) is 0 Å². The first kappa shape index (κ1) is 45.0. The zero-order valence-electron chi connectivity index (χ0n) is 35.9. The van der Waals surface area contributed by atoms with Gasteiger partial charge in [-0.05, 0) is 97.8 Å². The van der Waals surface area contributed by atoms with Crippen LogP contribution in [-0.2, 0) is 24.6 Å². The van der Waals surface area contributed by atoms with E-state index in [1.54, 1.807) is 72.8 Å². The molecule has 0 aromatic heterocycles. The van der Waals surface area contributed by atoms with Gasteiger partial charge in [0.1, 0.15) is 17.3 Å². The second kappa shape index (κ2) is 18.3. The van der Waals surface area contributed by atoms with Gasteiger partial charge >= 0.3 is 0 Å². The smallest absolute Gasteiger partial charge is 0.264 e. The molecule has 6 N–H and O–H groups in total. The number of amides is 7. The van der Waals surface area contributed by atoms with Crippen LogP contribution in [0.3, 0.4) is 0 Å². The van der Waals surface area contributed by atoms with Crippen LogP contribution in [0, 0.1) is 5.82 Å². The number of rotatable bonds is 13. The fourth-order valence-electron chi connectivity index (χ4n) is 10.9. The fourth-order valence-corrected chi connectivity index (χ4v) is 11.3. The van der Waals surface area contributed by atoms with Crippen molar-refractivity contribution in [1.29, 1.82) is 0 Å². The Morgan fingerprint density at radius 2 is 1.56 bits per heavy atom. The van der Waals surface area contributed by atoms with Gasteiger partial charge in [-0.3, -0.25) is 49.1 Å². The zero-order valence-corrected chi connectivity index (χ0v) is 37.4. The SMILES string of the molecule is O=C1CCC(N2C(=O)c3cccc(NCCCCCCNC(=O)c4ccc(NC(=O)C5NC6(CCCCC6)C6(C(=O)Nc7cc(Cl)ccc76)C5c5cccc(Cl)c5F)cc4)c3C2=O)C(=O)N1. The minimum atomic E-state index is -1.36. The molecule has 1 saturated carbocycles. The normalized spacial score (nSPS) is 22.9. The predicted molar refractivity (Wildman–Crippen MR) is 246 cm³/mol. The number of halogens is 3. The maximum Gasteiger partial charge on any atom is 0.264 e. The van der Waals surface area contributed by atoms with E-state index in [9.17, 15) is 33.6 Å². The molecule has 342 valence electrons. The summed E-state index contributed by atoms with van der Waals surface area (Å²) >= 11 is 12.8. The summed E-state index contributed by atoms with van der Waals surface area (Å²) in [5.74, 6) is -4.95. The molecule has 5 aliphatic rings. The van der Waals surface area contributed by atoms with Gasteiger partial charge in [-0.15, -0.1) is 0 Å². The van der Waals surface area contributed by atoms with Crippen molar-refractivity contribution in [3.05, 3.63) is 123 Å². The summed E-state index contributed by atoms with van der Waals surface area (Å²) in [4.78, 5) is 93.7. The molecule has 1 aliphatic carbocycles. The molecule has 66 heavy (non-hydrogen) atoms. The van der Waals surface area contributed by atoms with Gasteiger partial charge in [0.05, 0.1) is 22.2 Å². The molecule has 14 nitrogen and oxygen atoms in total. The molecular weight excluding hydrogens is 888 g/mol. The number of carbonyl (C=O) groups excluding carboxylic acids is 7. The Morgan fingerprint density at radius 1 is 0.818 bits per heavy atom. The van der Waals surface area contributed by atoms with Crippen molar-refractivity contribution in [1.82, 2.24) is 20.9 Å². The van der Waals surface area contributed by atoms with Crippen LogP contribution in [0.2, 0.25) is 10.0 Å². The highest BCUT2D eigenvalue weighted by atomic mass is 35.5. The highest BCUT2D eigenvalue weighted by Gasteiger charge is 2.72. The maximum atomic E-state index is 16.2. The summed E-state index contributed by atoms with van der Waals surface area (Å²) in [5, 5.41) is 18.4. The molecule has 4 aromatic carbocycles. The van der Waals surface area contributed by atoms with Crippen LogP contribution >= 0.6 is 23.2 Å². The van der Waals surface area contributed by atoms with Gasteiger partial charge in [0.2, 0.25) is 23.6 Å². The van der Waals surface area contributed by atoms with Crippen molar-refractivity contribution in [2.45, 2.75) is 99.6 Å². The number of hydrogen-bond donors (Lipinski definition) is 6. The van der Waals surface area contributed by atoms with Gasteiger partial charge in [-0.25, -0.2) is 4.39 Å². The second-order valence-corrected chi connectivity index (χ2v) is 18.5. The van der Waals surface area contributed by atoms with Gasteiger partial charge in [0.15, 0.2) is 0 Å². The van der Waals surface area contributed by atoms with E-state index in [1.807, 2.05) is 0 Å². The van der Waals surface area contributed by atoms with Gasteiger partial charge in [0.25, 0.3) is 17.7 Å². The average molecular weight is 937 g/mol. The first-order valence-electron chi connectivity index (χ1n) is 22.5. The molecule has 4 aromatic rings. The van der Waals surface area contributed by atoms with Crippen LogP contribution in [0.4, 0.5) is 21.5 Å². The second-order valence-electron chi connectivity index (χ2n) is 17.7. The fraction of sp³-hybridized carbons (Fsp3) is 0.367. The average Bonchev–Trinajstić information content (AvgIpc) is 3.86. The van der Waals surface area contributed by atoms with Gasteiger partial charge in [0, 0.05) is 58.6 Å². The Bertz CT molecular complexity index is 2670. The van der Waals surface area contributed by atoms with Gasteiger partial charge < -0.3 is 21.3 Å². The first-order chi connectivity index (χ1) is 31.8. The molecule has 0 bridgehead atoms. The quantitative estimate of drug-likeness (QED) is 0.0593. The van der Waals surface area contributed by atoms with Crippen molar-refractivity contribution in [3.63, 3.8) is 0 Å². The number of anilines is 3. The number of hydrogen-bond acceptors (Lipinski definition) is 9. The lowest BCUT2D eigenvalue weighted by molar-refractivity contribution is -0.136. The molecular formula is C49H48Cl2FN7O7. The first-order valence-corrected chi connectivity index (χ1v) is 23.2. The molecule has 2 saturated heterocycles. The highest BCUT2D eigenvalue weighted by Crippen LogP contribution is 2.63. The third-order valence-corrected chi connectivity index (χ3v) is 14.4. The number of nitrogens with one attached hydrogen (secondary N) is 6. The summed E-state index contributed by atoms with van der Waals surface area (Å²) in [6.07, 6.45) is 7.02. The summed E-state index contributed by atoms with van der Waals surface area (Å²) in [6.45, 7) is 0.964. The lowest BCUT2D eigenvalue weighted by Crippen LogP contribution is -2.60. The summed E-state index contributed by atoms with van der Waals surface area (Å²) in [7, 11) is 0. The summed E-state index contributed by atoms with van der Waals surface area (Å²) < 4.78 is 16.2. The lowest BCUT2D eigenvalue weighted by Gasteiger charge is -2.47. The van der Waals surface area contributed by atoms with Gasteiger partial charge in [-0.1, -0.05) is 79.6 Å². The van der Waals surface area contributed by atoms with E-state index in [2.05, 4.69) is 31.9 Å². The van der Waals surface area contributed by atoms with Crippen LogP contribution in [0.1, 0.15) is 119 Å². The van der Waals surface area contributed by atoms with Crippen molar-refractivity contribution in [2.75, 3.05) is 29.0 Å². The number of carbonyl (C=O) groups is 7. The van der Waals surface area contributed by atoms with E-state index >= 15 is 4.39 Å².